The normalized spacial score (nSPS) is 9.07. The van der Waals surface area contributed by atoms with Crippen LogP contribution in [0, 0.1) is 25.1 Å². The summed E-state index contributed by atoms with van der Waals surface area (Å²) in [5, 5.41) is 20.7. The number of nitrogens with zero attached hydrogens (tertiary/aromatic N) is 2. The van der Waals surface area contributed by atoms with Crippen LogP contribution < -0.4 is 5.32 Å². The van der Waals surface area contributed by atoms with Crippen LogP contribution in [0.1, 0.15) is 10.4 Å². The summed E-state index contributed by atoms with van der Waals surface area (Å²) in [6, 6.07) is 4.14. The van der Waals surface area contributed by atoms with Gasteiger partial charge in [0, 0.05) is 9.64 Å². The molecule has 6 nitrogen and oxygen atoms in total. The average Bonchev–Trinajstić information content (AvgIpc) is 2.17. The Balaban J connectivity index is 3.24. The van der Waals surface area contributed by atoms with Crippen LogP contribution in [0.3, 0.4) is 0 Å². The first-order valence-electron chi connectivity index (χ1n) is 3.69. The number of nitriles is 1. The van der Waals surface area contributed by atoms with Crippen LogP contribution in [-0.2, 0) is 0 Å². The molecule has 1 rings (SSSR count). The fraction of sp³-hybridized carbons (Fsp3) is 0. The number of halogens is 1. The number of benzene rings is 1. The van der Waals surface area contributed by atoms with Crippen molar-refractivity contribution < 1.29 is 9.72 Å². The summed E-state index contributed by atoms with van der Waals surface area (Å²) >= 11 is 1.90. The zero-order chi connectivity index (χ0) is 11.4. The van der Waals surface area contributed by atoms with E-state index >= 15 is 0 Å². The molecule has 0 aliphatic heterocycles. The number of carbonyl (C=O) groups is 1. The van der Waals surface area contributed by atoms with Gasteiger partial charge in [-0.15, -0.1) is 0 Å². The van der Waals surface area contributed by atoms with Crippen molar-refractivity contribution in [1.82, 2.24) is 5.32 Å². The van der Waals surface area contributed by atoms with Gasteiger partial charge in [0.05, 0.1) is 4.92 Å². The highest BCUT2D eigenvalue weighted by Gasteiger charge is 2.19. The number of carbonyl (C=O) groups excluding carboxylic acids is 1. The number of hydrogen-bond acceptors (Lipinski definition) is 4. The predicted molar refractivity (Wildman–Crippen MR) is 58.9 cm³/mol. The second-order valence-electron chi connectivity index (χ2n) is 2.48. The van der Waals surface area contributed by atoms with Crippen molar-refractivity contribution in [3.63, 3.8) is 0 Å². The van der Waals surface area contributed by atoms with Crippen LogP contribution in [0.5, 0.6) is 0 Å². The minimum Gasteiger partial charge on any atom is -0.268 e. The third-order valence-corrected chi connectivity index (χ3v) is 2.24. The molecule has 0 fully saturated rings. The molecule has 1 amide bonds. The molecular weight excluding hydrogens is 313 g/mol. The van der Waals surface area contributed by atoms with Crippen LogP contribution in [0.25, 0.3) is 0 Å². The van der Waals surface area contributed by atoms with E-state index in [2.05, 4.69) is 0 Å². The van der Waals surface area contributed by atoms with Gasteiger partial charge in [-0.1, -0.05) is 0 Å². The number of rotatable bonds is 2. The lowest BCUT2D eigenvalue weighted by atomic mass is 10.1. The van der Waals surface area contributed by atoms with Crippen molar-refractivity contribution in [1.29, 1.82) is 5.26 Å². The number of nitro benzene ring substituents is 1. The maximum atomic E-state index is 11.2. The molecule has 7 heteroatoms. The third-order valence-electron chi connectivity index (χ3n) is 1.57. The largest absolute Gasteiger partial charge is 0.283 e. The first-order chi connectivity index (χ1) is 7.06. The molecule has 0 aliphatic rings. The van der Waals surface area contributed by atoms with Crippen LogP contribution in [0.2, 0.25) is 0 Å². The Morgan fingerprint density at radius 1 is 1.60 bits per heavy atom. The van der Waals surface area contributed by atoms with E-state index in [0.29, 0.717) is 3.57 Å². The lowest BCUT2D eigenvalue weighted by molar-refractivity contribution is -0.385. The number of nitrogens with one attached hydrogen (secondary N) is 1. The van der Waals surface area contributed by atoms with Gasteiger partial charge < -0.3 is 0 Å². The lowest BCUT2D eigenvalue weighted by Gasteiger charge is -2.00. The molecule has 15 heavy (non-hydrogen) atoms. The minimum atomic E-state index is -0.777. The summed E-state index contributed by atoms with van der Waals surface area (Å²) in [4.78, 5) is 21.2. The van der Waals surface area contributed by atoms with Gasteiger partial charge in [-0.05, 0) is 34.7 Å². The molecule has 0 aromatic heterocycles. The number of amides is 1. The molecule has 0 heterocycles. The highest BCUT2D eigenvalue weighted by molar-refractivity contribution is 14.1. The molecule has 0 unspecified atom stereocenters. The fourth-order valence-electron chi connectivity index (χ4n) is 0.966. The molecule has 0 saturated heterocycles. The second-order valence-corrected chi connectivity index (χ2v) is 3.73. The standard InChI is InChI=1S/C8H4IN3O3/c9-5-1-2-6(8(13)11-4-10)7(3-5)12(14)15/h1-3H,(H,11,13). The summed E-state index contributed by atoms with van der Waals surface area (Å²) in [6.45, 7) is 0. The first-order valence-corrected chi connectivity index (χ1v) is 4.77. The van der Waals surface area contributed by atoms with Gasteiger partial charge in [0.25, 0.3) is 11.6 Å². The van der Waals surface area contributed by atoms with Gasteiger partial charge in [-0.3, -0.25) is 20.2 Å². The zero-order valence-corrected chi connectivity index (χ0v) is 9.39. The van der Waals surface area contributed by atoms with Gasteiger partial charge in [0.2, 0.25) is 0 Å². The molecule has 0 saturated carbocycles. The van der Waals surface area contributed by atoms with E-state index in [1.165, 1.54) is 18.3 Å². The SMILES string of the molecule is N#CNC(=O)c1ccc(I)cc1[N+](=O)[O-]. The number of hydrogen-bond donors (Lipinski definition) is 1. The van der Waals surface area contributed by atoms with E-state index in [9.17, 15) is 14.9 Å². The van der Waals surface area contributed by atoms with Gasteiger partial charge >= 0.3 is 0 Å². The van der Waals surface area contributed by atoms with Crippen molar-refractivity contribution in [2.75, 3.05) is 0 Å². The first kappa shape index (κ1) is 11.4. The molecule has 0 spiro atoms. The Morgan fingerprint density at radius 3 is 2.80 bits per heavy atom. The van der Waals surface area contributed by atoms with Crippen LogP contribution in [0.15, 0.2) is 18.2 Å². The van der Waals surface area contributed by atoms with E-state index in [0.717, 1.165) is 0 Å². The van der Waals surface area contributed by atoms with Crippen molar-refractivity contribution in [2.45, 2.75) is 0 Å². The smallest absolute Gasteiger partial charge is 0.268 e. The van der Waals surface area contributed by atoms with Gasteiger partial charge in [-0.2, -0.15) is 5.26 Å². The minimum absolute atomic E-state index is 0.123. The summed E-state index contributed by atoms with van der Waals surface area (Å²) in [7, 11) is 0. The van der Waals surface area contributed by atoms with Crippen LogP contribution >= 0.6 is 22.6 Å². The van der Waals surface area contributed by atoms with Crippen molar-refractivity contribution in [3.05, 3.63) is 37.4 Å². The molecule has 1 aromatic carbocycles. The Bertz CT molecular complexity index is 467. The summed E-state index contributed by atoms with van der Waals surface area (Å²) in [5.74, 6) is -0.777. The second kappa shape index (κ2) is 4.70. The molecular formula is C8H4IN3O3. The molecule has 0 atom stereocenters. The summed E-state index contributed by atoms with van der Waals surface area (Å²) in [6.07, 6.45) is 1.42. The van der Waals surface area contributed by atoms with E-state index in [1.807, 2.05) is 27.9 Å². The zero-order valence-electron chi connectivity index (χ0n) is 7.23. The van der Waals surface area contributed by atoms with Crippen molar-refractivity contribution in [2.24, 2.45) is 0 Å². The maximum Gasteiger partial charge on any atom is 0.283 e. The van der Waals surface area contributed by atoms with Gasteiger partial charge in [-0.25, -0.2) is 0 Å². The van der Waals surface area contributed by atoms with Gasteiger partial charge in [0.15, 0.2) is 6.19 Å². The van der Waals surface area contributed by atoms with Crippen molar-refractivity contribution in [3.8, 4) is 6.19 Å². The fourth-order valence-corrected chi connectivity index (χ4v) is 1.44. The number of nitro groups is 1. The van der Waals surface area contributed by atoms with E-state index < -0.39 is 10.8 Å². The quantitative estimate of drug-likeness (QED) is 0.293. The van der Waals surface area contributed by atoms with Gasteiger partial charge in [0.1, 0.15) is 5.56 Å². The predicted octanol–water partition coefficient (Wildman–Crippen LogP) is 1.41. The van der Waals surface area contributed by atoms with Crippen LogP contribution in [-0.4, -0.2) is 10.8 Å². The Kier molecular flexibility index (Phi) is 3.56. The van der Waals surface area contributed by atoms with E-state index in [-0.39, 0.29) is 11.3 Å². The molecule has 1 aromatic rings. The lowest BCUT2D eigenvalue weighted by Crippen LogP contribution is -2.18. The van der Waals surface area contributed by atoms with Crippen molar-refractivity contribution >= 4 is 34.2 Å². The molecule has 0 radical (unpaired) electrons. The average molecular weight is 317 g/mol. The van der Waals surface area contributed by atoms with Crippen LogP contribution in [0.4, 0.5) is 5.69 Å². The topological polar surface area (TPSA) is 96.0 Å². The molecule has 76 valence electrons. The third kappa shape index (κ3) is 2.63. The molecule has 0 aliphatic carbocycles. The highest BCUT2D eigenvalue weighted by atomic mass is 127. The monoisotopic (exact) mass is 317 g/mol. The molecule has 1 N–H and O–H groups in total. The Morgan fingerprint density at radius 2 is 2.27 bits per heavy atom. The molecule has 0 bridgehead atoms. The van der Waals surface area contributed by atoms with E-state index in [1.54, 1.807) is 6.07 Å². The summed E-state index contributed by atoms with van der Waals surface area (Å²) in [5.41, 5.74) is -0.434. The van der Waals surface area contributed by atoms with E-state index in [4.69, 9.17) is 5.26 Å². The highest BCUT2D eigenvalue weighted by Crippen LogP contribution is 2.21. The Hall–Kier alpha value is -1.69. The summed E-state index contributed by atoms with van der Waals surface area (Å²) < 4.78 is 0.646. The Labute approximate surface area is 98.2 Å². The maximum absolute atomic E-state index is 11.2.